The molecule has 0 N–H and O–H groups in total. The Morgan fingerprint density at radius 2 is 1.96 bits per heavy atom. The van der Waals surface area contributed by atoms with Crippen molar-refractivity contribution in [2.24, 2.45) is 0 Å². The summed E-state index contributed by atoms with van der Waals surface area (Å²) < 4.78 is 16.5. The van der Waals surface area contributed by atoms with Crippen molar-refractivity contribution in [3.63, 3.8) is 0 Å². The first-order valence-corrected chi connectivity index (χ1v) is 9.21. The van der Waals surface area contributed by atoms with Crippen LogP contribution in [0.4, 0.5) is 0 Å². The van der Waals surface area contributed by atoms with Crippen LogP contribution < -0.4 is 9.47 Å². The van der Waals surface area contributed by atoms with E-state index < -0.39 is 12.1 Å². The van der Waals surface area contributed by atoms with Gasteiger partial charge in [-0.25, -0.2) is 9.78 Å². The highest BCUT2D eigenvalue weighted by molar-refractivity contribution is 7.13. The van der Waals surface area contributed by atoms with Gasteiger partial charge in [0.05, 0.1) is 10.7 Å². The van der Waals surface area contributed by atoms with Gasteiger partial charge in [-0.2, -0.15) is 0 Å². The molecule has 0 aliphatic carbocycles. The molecule has 2 heterocycles. The normalized spacial score (nSPS) is 15.5. The number of halogens is 1. The Balaban J connectivity index is 1.38. The lowest BCUT2D eigenvalue weighted by atomic mass is 10.2. The minimum Gasteiger partial charge on any atom is -0.485 e. The number of nitrogens with zero attached hydrogens (tertiary/aromatic N) is 1. The molecule has 2 aromatic carbocycles. The van der Waals surface area contributed by atoms with Crippen LogP contribution in [0, 0.1) is 0 Å². The van der Waals surface area contributed by atoms with Crippen molar-refractivity contribution >= 4 is 28.9 Å². The molecule has 0 radical (unpaired) electrons. The maximum absolute atomic E-state index is 12.2. The van der Waals surface area contributed by atoms with Gasteiger partial charge in [0.15, 0.2) is 11.5 Å². The van der Waals surface area contributed by atoms with Gasteiger partial charge in [-0.3, -0.25) is 0 Å². The minimum absolute atomic E-state index is 0.0707. The van der Waals surface area contributed by atoms with Crippen LogP contribution >= 0.6 is 22.9 Å². The molecular formula is C19H14ClNO4S. The molecule has 1 aliphatic rings. The average Bonchev–Trinajstić information content (AvgIpc) is 3.15. The summed E-state index contributed by atoms with van der Waals surface area (Å²) in [4.78, 5) is 16.7. The number of hydrogen-bond donors (Lipinski definition) is 0. The molecule has 0 saturated carbocycles. The number of aromatic nitrogens is 1. The summed E-state index contributed by atoms with van der Waals surface area (Å²) in [5, 5.41) is 3.27. The Bertz CT molecular complexity index is 943. The second-order valence-corrected chi connectivity index (χ2v) is 6.86. The Morgan fingerprint density at radius 1 is 1.19 bits per heavy atom. The van der Waals surface area contributed by atoms with E-state index in [0.29, 0.717) is 22.2 Å². The van der Waals surface area contributed by atoms with Crippen molar-refractivity contribution in [3.05, 3.63) is 64.6 Å². The van der Waals surface area contributed by atoms with Crippen molar-refractivity contribution < 1.29 is 19.0 Å². The number of benzene rings is 2. The lowest BCUT2D eigenvalue weighted by Gasteiger charge is -2.24. The lowest BCUT2D eigenvalue weighted by molar-refractivity contribution is -0.156. The molecule has 26 heavy (non-hydrogen) atoms. The number of esters is 1. The van der Waals surface area contributed by atoms with Crippen molar-refractivity contribution in [2.45, 2.75) is 12.7 Å². The number of ether oxygens (including phenoxy) is 3. The van der Waals surface area contributed by atoms with Gasteiger partial charge in [-0.1, -0.05) is 41.9 Å². The van der Waals surface area contributed by atoms with E-state index in [1.165, 1.54) is 11.3 Å². The fourth-order valence-corrected chi connectivity index (χ4v) is 3.63. The Labute approximate surface area is 159 Å². The van der Waals surface area contributed by atoms with Gasteiger partial charge in [-0.15, -0.1) is 11.3 Å². The van der Waals surface area contributed by atoms with E-state index in [-0.39, 0.29) is 13.2 Å². The molecule has 1 atom stereocenters. The third-order valence-corrected chi connectivity index (χ3v) is 5.04. The van der Waals surface area contributed by atoms with Crippen LogP contribution in [0.5, 0.6) is 11.5 Å². The molecule has 0 fully saturated rings. The number of para-hydroxylation sites is 2. The van der Waals surface area contributed by atoms with Crippen LogP contribution in [0.1, 0.15) is 5.69 Å². The molecule has 0 saturated heterocycles. The first-order valence-electron chi connectivity index (χ1n) is 7.95. The largest absolute Gasteiger partial charge is 0.485 e. The van der Waals surface area contributed by atoms with E-state index in [2.05, 4.69) is 4.98 Å². The van der Waals surface area contributed by atoms with E-state index in [0.717, 1.165) is 10.6 Å². The van der Waals surface area contributed by atoms with Crippen LogP contribution in [0.3, 0.4) is 0 Å². The Hall–Kier alpha value is -2.57. The van der Waals surface area contributed by atoms with Crippen molar-refractivity contribution in [3.8, 4) is 22.1 Å². The monoisotopic (exact) mass is 387 g/mol. The van der Waals surface area contributed by atoms with Gasteiger partial charge < -0.3 is 14.2 Å². The van der Waals surface area contributed by atoms with Gasteiger partial charge in [0.25, 0.3) is 0 Å². The third kappa shape index (κ3) is 3.52. The Kier molecular flexibility index (Phi) is 4.77. The predicted octanol–water partition coefficient (Wildman–Crippen LogP) is 4.35. The van der Waals surface area contributed by atoms with Gasteiger partial charge in [-0.05, 0) is 18.2 Å². The van der Waals surface area contributed by atoms with Crippen molar-refractivity contribution in [1.29, 1.82) is 0 Å². The SMILES string of the molecule is O=C(OCc1csc(-c2ccccc2Cl)n1)[C@H]1COc2ccccc2O1. The first kappa shape index (κ1) is 16.9. The first-order chi connectivity index (χ1) is 12.7. The molecule has 0 amide bonds. The number of carbonyl (C=O) groups is 1. The van der Waals surface area contributed by atoms with Crippen LogP contribution in [0.15, 0.2) is 53.9 Å². The summed E-state index contributed by atoms with van der Waals surface area (Å²) in [6.45, 7) is 0.194. The molecular weight excluding hydrogens is 374 g/mol. The van der Waals surface area contributed by atoms with Crippen molar-refractivity contribution in [1.82, 2.24) is 4.98 Å². The number of rotatable bonds is 4. The van der Waals surface area contributed by atoms with E-state index in [9.17, 15) is 4.79 Å². The fraction of sp³-hybridized carbons (Fsp3) is 0.158. The van der Waals surface area contributed by atoms with Crippen LogP contribution in [0.25, 0.3) is 10.6 Å². The molecule has 0 bridgehead atoms. The van der Waals surface area contributed by atoms with Crippen LogP contribution in [-0.4, -0.2) is 23.7 Å². The topological polar surface area (TPSA) is 57.7 Å². The molecule has 5 nitrogen and oxygen atoms in total. The molecule has 132 valence electrons. The minimum atomic E-state index is -0.786. The standard InChI is InChI=1S/C19H14ClNO4S/c20-14-6-2-1-5-13(14)18-21-12(11-26-18)9-24-19(22)17-10-23-15-7-3-4-8-16(15)25-17/h1-8,11,17H,9-10H2/t17-/m1/s1. The smallest absolute Gasteiger partial charge is 0.351 e. The van der Waals surface area contributed by atoms with Crippen molar-refractivity contribution in [2.75, 3.05) is 6.61 Å². The lowest BCUT2D eigenvalue weighted by Crippen LogP contribution is -2.37. The summed E-state index contributed by atoms with van der Waals surface area (Å²) in [5.41, 5.74) is 1.52. The predicted molar refractivity (Wildman–Crippen MR) is 98.7 cm³/mol. The maximum Gasteiger partial charge on any atom is 0.351 e. The number of thiazole rings is 1. The van der Waals surface area contributed by atoms with Gasteiger partial charge >= 0.3 is 5.97 Å². The summed E-state index contributed by atoms with van der Waals surface area (Å²) in [6, 6.07) is 14.7. The van der Waals surface area contributed by atoms with Crippen LogP contribution in [0.2, 0.25) is 5.02 Å². The average molecular weight is 388 g/mol. The number of carbonyl (C=O) groups excluding carboxylic acids is 1. The molecule has 7 heteroatoms. The summed E-state index contributed by atoms with van der Waals surface area (Å²) >= 11 is 7.64. The van der Waals surface area contributed by atoms with Gasteiger partial charge in [0.1, 0.15) is 18.2 Å². The summed E-state index contributed by atoms with van der Waals surface area (Å²) in [6.07, 6.45) is -0.786. The van der Waals surface area contributed by atoms with E-state index in [1.54, 1.807) is 12.1 Å². The third-order valence-electron chi connectivity index (χ3n) is 3.79. The van der Waals surface area contributed by atoms with E-state index in [1.807, 2.05) is 41.8 Å². The quantitative estimate of drug-likeness (QED) is 0.623. The highest BCUT2D eigenvalue weighted by atomic mass is 35.5. The zero-order valence-electron chi connectivity index (χ0n) is 13.6. The maximum atomic E-state index is 12.2. The molecule has 3 aromatic rings. The van der Waals surface area contributed by atoms with Gasteiger partial charge in [0.2, 0.25) is 6.10 Å². The Morgan fingerprint density at radius 3 is 2.81 bits per heavy atom. The summed E-state index contributed by atoms with van der Waals surface area (Å²) in [5.74, 6) is 0.683. The molecule has 1 aliphatic heterocycles. The highest BCUT2D eigenvalue weighted by Gasteiger charge is 2.28. The van der Waals surface area contributed by atoms with E-state index in [4.69, 9.17) is 25.8 Å². The highest BCUT2D eigenvalue weighted by Crippen LogP contribution is 2.32. The number of hydrogen-bond acceptors (Lipinski definition) is 6. The van der Waals surface area contributed by atoms with E-state index >= 15 is 0 Å². The molecule has 0 unspecified atom stereocenters. The molecule has 0 spiro atoms. The second kappa shape index (κ2) is 7.35. The molecule has 1 aromatic heterocycles. The molecule has 4 rings (SSSR count). The second-order valence-electron chi connectivity index (χ2n) is 5.60. The van der Waals surface area contributed by atoms with Gasteiger partial charge in [0, 0.05) is 10.9 Å². The summed E-state index contributed by atoms with van der Waals surface area (Å²) in [7, 11) is 0. The zero-order chi connectivity index (χ0) is 17.9. The van der Waals surface area contributed by atoms with Crippen LogP contribution in [-0.2, 0) is 16.1 Å². The number of fused-ring (bicyclic) bond motifs is 1. The fourth-order valence-electron chi connectivity index (χ4n) is 2.51. The zero-order valence-corrected chi connectivity index (χ0v) is 15.1.